The molecule has 0 aliphatic rings. The second kappa shape index (κ2) is 4.73. The molecule has 2 heteroatoms. The van der Waals surface area contributed by atoms with Crippen molar-refractivity contribution in [3.63, 3.8) is 0 Å². The summed E-state index contributed by atoms with van der Waals surface area (Å²) >= 11 is 0. The molecule has 0 aliphatic heterocycles. The summed E-state index contributed by atoms with van der Waals surface area (Å²) in [5, 5.41) is 11.2. The predicted octanol–water partition coefficient (Wildman–Crippen LogP) is 3.09. The first-order valence-corrected chi connectivity index (χ1v) is 5.96. The highest BCUT2D eigenvalue weighted by Gasteiger charge is 2.22. The Hall–Kier alpha value is -1.96. The van der Waals surface area contributed by atoms with E-state index in [1.54, 1.807) is 19.2 Å². The van der Waals surface area contributed by atoms with Gasteiger partial charge in [-0.3, -0.25) is 0 Å². The van der Waals surface area contributed by atoms with Crippen LogP contribution in [0.3, 0.4) is 0 Å². The lowest BCUT2D eigenvalue weighted by molar-refractivity contribution is -0.268. The monoisotopic (exact) mass is 241 g/mol. The van der Waals surface area contributed by atoms with Crippen LogP contribution in [0.5, 0.6) is 11.5 Å². The number of ether oxygens (including phenoxy) is 1. The Kier molecular flexibility index (Phi) is 3.28. The minimum atomic E-state index is -0.125. The second-order valence-corrected chi connectivity index (χ2v) is 4.88. The number of rotatable bonds is 3. The van der Waals surface area contributed by atoms with Gasteiger partial charge in [0.2, 0.25) is 0 Å². The van der Waals surface area contributed by atoms with E-state index in [1.807, 2.05) is 24.3 Å². The molecule has 0 fully saturated rings. The van der Waals surface area contributed by atoms with Crippen LogP contribution in [0.2, 0.25) is 0 Å². The summed E-state index contributed by atoms with van der Waals surface area (Å²) in [4.78, 5) is 0. The van der Waals surface area contributed by atoms with E-state index in [9.17, 15) is 5.11 Å². The maximum atomic E-state index is 11.2. The highest BCUT2D eigenvalue weighted by molar-refractivity contribution is 5.41. The fourth-order valence-electron chi connectivity index (χ4n) is 2.05. The van der Waals surface area contributed by atoms with E-state index in [2.05, 4.69) is 26.0 Å². The zero-order valence-corrected chi connectivity index (χ0v) is 10.9. The molecule has 0 heterocycles. The first-order chi connectivity index (χ1) is 8.54. The first-order valence-electron chi connectivity index (χ1n) is 5.96. The van der Waals surface area contributed by atoms with Crippen molar-refractivity contribution in [2.24, 2.45) is 0 Å². The predicted molar refractivity (Wildman–Crippen MR) is 71.0 cm³/mol. The van der Waals surface area contributed by atoms with Crippen molar-refractivity contribution in [1.29, 1.82) is 0 Å². The molecule has 94 valence electrons. The van der Waals surface area contributed by atoms with Gasteiger partial charge < -0.3 is 9.84 Å². The van der Waals surface area contributed by atoms with Crippen molar-refractivity contribution in [3.8, 4) is 11.5 Å². The van der Waals surface area contributed by atoms with Gasteiger partial charge in [0, 0.05) is 5.41 Å². The zero-order chi connectivity index (χ0) is 13.2. The number of hydrogen-bond acceptors (Lipinski definition) is 2. The Labute approximate surface area is 108 Å². The molecular weight excluding hydrogens is 224 g/mol. The summed E-state index contributed by atoms with van der Waals surface area (Å²) in [5.41, 5.74) is 2.20. The van der Waals surface area contributed by atoms with Crippen molar-refractivity contribution >= 4 is 0 Å². The average molecular weight is 241 g/mol. The van der Waals surface area contributed by atoms with Gasteiger partial charge in [0.1, 0.15) is 5.75 Å². The Morgan fingerprint density at radius 2 is 1.28 bits per heavy atom. The molecule has 0 saturated heterocycles. The molecule has 0 aliphatic carbocycles. The molecule has 2 nitrogen and oxygen atoms in total. The smallest absolute Gasteiger partial charge is 0.118 e. The molecule has 18 heavy (non-hydrogen) atoms. The second-order valence-electron chi connectivity index (χ2n) is 4.88. The third-order valence-corrected chi connectivity index (χ3v) is 3.39. The molecule has 0 aromatic heterocycles. The Morgan fingerprint density at radius 1 is 0.833 bits per heavy atom. The average Bonchev–Trinajstić information content (AvgIpc) is 2.39. The molecule has 2 aromatic rings. The van der Waals surface area contributed by atoms with Crippen LogP contribution in [0.15, 0.2) is 48.5 Å². The minimum absolute atomic E-state index is 0.0456. The largest absolute Gasteiger partial charge is 0.872 e. The SMILES string of the molecule is COc1ccc(C(C)(C)c2ccc([O-])cc2)cc1. The molecule has 0 spiro atoms. The van der Waals surface area contributed by atoms with E-state index < -0.39 is 0 Å². The molecule has 0 N–H and O–H groups in total. The Morgan fingerprint density at radius 3 is 1.72 bits per heavy atom. The third kappa shape index (κ3) is 2.33. The fourth-order valence-corrected chi connectivity index (χ4v) is 2.05. The van der Waals surface area contributed by atoms with Gasteiger partial charge in [0.05, 0.1) is 7.11 Å². The fraction of sp³-hybridized carbons (Fsp3) is 0.250. The van der Waals surface area contributed by atoms with Crippen LogP contribution >= 0.6 is 0 Å². The first kappa shape index (κ1) is 12.5. The number of benzene rings is 2. The molecule has 2 rings (SSSR count). The molecule has 0 bridgehead atoms. The van der Waals surface area contributed by atoms with Crippen LogP contribution in [0, 0.1) is 0 Å². The summed E-state index contributed by atoms with van der Waals surface area (Å²) in [7, 11) is 1.66. The van der Waals surface area contributed by atoms with Crippen LogP contribution in [0.1, 0.15) is 25.0 Å². The molecule has 2 aromatic carbocycles. The van der Waals surface area contributed by atoms with Gasteiger partial charge in [-0.15, -0.1) is 5.75 Å². The molecule has 0 saturated carbocycles. The van der Waals surface area contributed by atoms with Gasteiger partial charge >= 0.3 is 0 Å². The number of methoxy groups -OCH3 is 1. The highest BCUT2D eigenvalue weighted by atomic mass is 16.5. The van der Waals surface area contributed by atoms with Gasteiger partial charge in [-0.2, -0.15) is 0 Å². The van der Waals surface area contributed by atoms with Crippen LogP contribution in [-0.4, -0.2) is 7.11 Å². The summed E-state index contributed by atoms with van der Waals surface area (Å²) in [5.74, 6) is 0.897. The summed E-state index contributed by atoms with van der Waals surface area (Å²) < 4.78 is 5.16. The molecule has 0 amide bonds. The quantitative estimate of drug-likeness (QED) is 0.827. The van der Waals surface area contributed by atoms with Crippen LogP contribution in [-0.2, 0) is 5.41 Å². The van der Waals surface area contributed by atoms with Crippen LogP contribution in [0.25, 0.3) is 0 Å². The van der Waals surface area contributed by atoms with Crippen molar-refractivity contribution < 1.29 is 9.84 Å². The molecular formula is C16H17O2-. The third-order valence-electron chi connectivity index (χ3n) is 3.39. The van der Waals surface area contributed by atoms with Crippen LogP contribution in [0.4, 0.5) is 0 Å². The normalized spacial score (nSPS) is 11.3. The van der Waals surface area contributed by atoms with Gasteiger partial charge in [0.15, 0.2) is 0 Å². The molecule has 0 unspecified atom stereocenters. The van der Waals surface area contributed by atoms with Crippen molar-refractivity contribution in [2.45, 2.75) is 19.3 Å². The van der Waals surface area contributed by atoms with Crippen molar-refractivity contribution in [2.75, 3.05) is 7.11 Å². The lowest BCUT2D eigenvalue weighted by atomic mass is 9.78. The maximum Gasteiger partial charge on any atom is 0.118 e. The minimum Gasteiger partial charge on any atom is -0.872 e. The van der Waals surface area contributed by atoms with Gasteiger partial charge in [-0.05, 0) is 23.3 Å². The lowest BCUT2D eigenvalue weighted by Gasteiger charge is -2.27. The van der Waals surface area contributed by atoms with E-state index in [0.29, 0.717) is 0 Å². The summed E-state index contributed by atoms with van der Waals surface area (Å²) in [6.45, 7) is 4.29. The standard InChI is InChI=1S/C16H18O2/c1-16(2,12-4-8-14(17)9-5-12)13-6-10-15(18-3)11-7-13/h4-11,17H,1-3H3/p-1. The van der Waals surface area contributed by atoms with E-state index in [-0.39, 0.29) is 11.2 Å². The molecule has 0 atom stereocenters. The van der Waals surface area contributed by atoms with Crippen molar-refractivity contribution in [1.82, 2.24) is 0 Å². The maximum absolute atomic E-state index is 11.2. The van der Waals surface area contributed by atoms with E-state index in [4.69, 9.17) is 4.74 Å². The van der Waals surface area contributed by atoms with Crippen LogP contribution < -0.4 is 9.84 Å². The summed E-state index contributed by atoms with van der Waals surface area (Å²) in [6, 6.07) is 15.0. The topological polar surface area (TPSA) is 32.3 Å². The molecule has 0 radical (unpaired) electrons. The highest BCUT2D eigenvalue weighted by Crippen LogP contribution is 2.32. The lowest BCUT2D eigenvalue weighted by Crippen LogP contribution is -2.18. The van der Waals surface area contributed by atoms with E-state index in [0.717, 1.165) is 11.3 Å². The van der Waals surface area contributed by atoms with E-state index >= 15 is 0 Å². The van der Waals surface area contributed by atoms with Crippen molar-refractivity contribution in [3.05, 3.63) is 59.7 Å². The number of hydrogen-bond donors (Lipinski definition) is 0. The van der Waals surface area contributed by atoms with E-state index in [1.165, 1.54) is 5.56 Å². The van der Waals surface area contributed by atoms with Gasteiger partial charge in [-0.25, -0.2) is 0 Å². The Bertz CT molecular complexity index is 510. The Balaban J connectivity index is 2.37. The van der Waals surface area contributed by atoms with Gasteiger partial charge in [0.25, 0.3) is 0 Å². The van der Waals surface area contributed by atoms with Gasteiger partial charge in [-0.1, -0.05) is 50.2 Å². The zero-order valence-electron chi connectivity index (χ0n) is 10.9. The summed E-state index contributed by atoms with van der Waals surface area (Å²) in [6.07, 6.45) is 0.